The summed E-state index contributed by atoms with van der Waals surface area (Å²) in [5.41, 5.74) is 3.05. The number of ether oxygens (including phenoxy) is 3. The molecule has 1 saturated heterocycles. The van der Waals surface area contributed by atoms with Crippen molar-refractivity contribution in [3.8, 4) is 11.1 Å². The molecule has 1 fully saturated rings. The van der Waals surface area contributed by atoms with Crippen molar-refractivity contribution in [2.45, 2.75) is 30.7 Å². The minimum Gasteiger partial charge on any atom is -0.451 e. The summed E-state index contributed by atoms with van der Waals surface area (Å²) in [5.74, 6) is -0.556. The van der Waals surface area contributed by atoms with Gasteiger partial charge in [0, 0.05) is 7.11 Å². The van der Waals surface area contributed by atoms with E-state index in [1.54, 1.807) is 36.4 Å². The van der Waals surface area contributed by atoms with Gasteiger partial charge in [0.2, 0.25) is 0 Å². The lowest BCUT2D eigenvalue weighted by molar-refractivity contribution is -0.164. The van der Waals surface area contributed by atoms with Gasteiger partial charge in [0.05, 0.1) is 5.56 Å². The van der Waals surface area contributed by atoms with Crippen molar-refractivity contribution >= 4 is 5.97 Å². The molecule has 1 unspecified atom stereocenters. The van der Waals surface area contributed by atoms with Crippen LogP contribution >= 0.6 is 0 Å². The van der Waals surface area contributed by atoms with Gasteiger partial charge in [0.15, 0.2) is 12.4 Å². The normalized spacial score (nSPS) is 24.0. The highest BCUT2D eigenvalue weighted by atomic mass is 16.7. The number of rotatable bonds is 6. The smallest absolute Gasteiger partial charge is 0.338 e. The van der Waals surface area contributed by atoms with Crippen molar-refractivity contribution in [2.24, 2.45) is 0 Å². The standard InChI is InChI=1S/C25H24O6/c1-29-25-21(27)20(26)23(31-25)22(18-10-6-3-7-11-18)30-24(28)19-14-12-17(13-15-19)16-8-4-2-5-9-16/h2-15,20-23,25-27H,1H3/t20-,21+,22+,23-,25?/m0/s1. The maximum Gasteiger partial charge on any atom is 0.338 e. The maximum atomic E-state index is 12.9. The molecule has 31 heavy (non-hydrogen) atoms. The van der Waals surface area contributed by atoms with Crippen molar-refractivity contribution < 1.29 is 29.2 Å². The lowest BCUT2D eigenvalue weighted by Gasteiger charge is -2.26. The Bertz CT molecular complexity index is 990. The molecule has 0 spiro atoms. The minimum absolute atomic E-state index is 0.372. The van der Waals surface area contributed by atoms with Gasteiger partial charge in [-0.2, -0.15) is 0 Å². The number of esters is 1. The van der Waals surface area contributed by atoms with Gasteiger partial charge in [-0.1, -0.05) is 72.8 Å². The summed E-state index contributed by atoms with van der Waals surface area (Å²) < 4.78 is 16.5. The molecule has 4 rings (SSSR count). The Morgan fingerprint density at radius 3 is 2.00 bits per heavy atom. The van der Waals surface area contributed by atoms with Crippen LogP contribution in [0.25, 0.3) is 11.1 Å². The van der Waals surface area contributed by atoms with Gasteiger partial charge in [-0.3, -0.25) is 0 Å². The molecule has 6 nitrogen and oxygen atoms in total. The van der Waals surface area contributed by atoms with E-state index in [4.69, 9.17) is 14.2 Å². The molecule has 1 aliphatic rings. The van der Waals surface area contributed by atoms with Crippen LogP contribution in [0.15, 0.2) is 84.9 Å². The molecule has 3 aromatic rings. The highest BCUT2D eigenvalue weighted by Crippen LogP contribution is 2.34. The van der Waals surface area contributed by atoms with Gasteiger partial charge < -0.3 is 24.4 Å². The number of aliphatic hydroxyl groups is 2. The van der Waals surface area contributed by atoms with Gasteiger partial charge in [0.25, 0.3) is 0 Å². The molecule has 1 aliphatic heterocycles. The van der Waals surface area contributed by atoms with Gasteiger partial charge >= 0.3 is 5.97 Å². The van der Waals surface area contributed by atoms with Crippen LogP contribution in [-0.4, -0.2) is 47.9 Å². The van der Waals surface area contributed by atoms with Crippen molar-refractivity contribution in [1.82, 2.24) is 0 Å². The number of carbonyl (C=O) groups excluding carboxylic acids is 1. The predicted octanol–water partition coefficient (Wildman–Crippen LogP) is 3.34. The average molecular weight is 420 g/mol. The largest absolute Gasteiger partial charge is 0.451 e. The van der Waals surface area contributed by atoms with Gasteiger partial charge in [-0.15, -0.1) is 0 Å². The van der Waals surface area contributed by atoms with Crippen LogP contribution in [0.2, 0.25) is 0 Å². The summed E-state index contributed by atoms with van der Waals surface area (Å²) in [6.07, 6.45) is -5.43. The van der Waals surface area contributed by atoms with Crippen LogP contribution in [0.5, 0.6) is 0 Å². The molecule has 0 saturated carbocycles. The Morgan fingerprint density at radius 2 is 1.42 bits per heavy atom. The first-order valence-corrected chi connectivity index (χ1v) is 10.0. The van der Waals surface area contributed by atoms with E-state index in [9.17, 15) is 15.0 Å². The molecule has 6 heteroatoms. The quantitative estimate of drug-likeness (QED) is 0.595. The van der Waals surface area contributed by atoms with Gasteiger partial charge in [-0.25, -0.2) is 4.79 Å². The first-order chi connectivity index (χ1) is 15.1. The fraction of sp³-hybridized carbons (Fsp3) is 0.240. The van der Waals surface area contributed by atoms with E-state index < -0.39 is 36.7 Å². The van der Waals surface area contributed by atoms with Gasteiger partial charge in [-0.05, 0) is 28.8 Å². The molecule has 5 atom stereocenters. The van der Waals surface area contributed by atoms with Crippen LogP contribution in [0.1, 0.15) is 22.0 Å². The van der Waals surface area contributed by atoms with E-state index in [0.29, 0.717) is 11.1 Å². The van der Waals surface area contributed by atoms with E-state index in [1.165, 1.54) is 7.11 Å². The molecule has 0 amide bonds. The molecule has 0 bridgehead atoms. The zero-order chi connectivity index (χ0) is 21.8. The minimum atomic E-state index is -1.27. The number of benzene rings is 3. The van der Waals surface area contributed by atoms with Crippen LogP contribution in [0.3, 0.4) is 0 Å². The number of hydrogen-bond donors (Lipinski definition) is 2. The SMILES string of the molecule is COC1O[C@H]([C@H](OC(=O)c2ccc(-c3ccccc3)cc2)c2ccccc2)[C@@H](O)[C@H]1O. The van der Waals surface area contributed by atoms with E-state index in [1.807, 2.05) is 48.5 Å². The third-order valence-corrected chi connectivity index (χ3v) is 5.38. The summed E-state index contributed by atoms with van der Waals surface area (Å²) in [4.78, 5) is 12.9. The predicted molar refractivity (Wildman–Crippen MR) is 114 cm³/mol. The molecule has 0 aromatic heterocycles. The number of carbonyl (C=O) groups is 1. The second-order valence-electron chi connectivity index (χ2n) is 7.37. The first-order valence-electron chi connectivity index (χ1n) is 10.0. The molecule has 3 aromatic carbocycles. The lowest BCUT2D eigenvalue weighted by atomic mass is 9.99. The first kappa shape index (κ1) is 21.2. The maximum absolute atomic E-state index is 12.9. The van der Waals surface area contributed by atoms with Crippen LogP contribution in [0, 0.1) is 0 Å². The molecular formula is C25H24O6. The van der Waals surface area contributed by atoms with Crippen molar-refractivity contribution in [2.75, 3.05) is 7.11 Å². The molecule has 0 radical (unpaired) electrons. The molecule has 160 valence electrons. The van der Waals surface area contributed by atoms with Crippen LogP contribution < -0.4 is 0 Å². The highest BCUT2D eigenvalue weighted by Gasteiger charge is 2.48. The third kappa shape index (κ3) is 4.52. The second-order valence-corrected chi connectivity index (χ2v) is 7.37. The number of methoxy groups -OCH3 is 1. The fourth-order valence-electron chi connectivity index (χ4n) is 3.70. The summed E-state index contributed by atoms with van der Waals surface area (Å²) >= 11 is 0. The summed E-state index contributed by atoms with van der Waals surface area (Å²) in [6.45, 7) is 0. The zero-order valence-corrected chi connectivity index (χ0v) is 17.0. The molecule has 1 heterocycles. The molecule has 0 aliphatic carbocycles. The second kappa shape index (κ2) is 9.41. The number of aliphatic hydroxyl groups excluding tert-OH is 2. The van der Waals surface area contributed by atoms with Crippen molar-refractivity contribution in [3.63, 3.8) is 0 Å². The van der Waals surface area contributed by atoms with E-state index >= 15 is 0 Å². The van der Waals surface area contributed by atoms with E-state index in [2.05, 4.69) is 0 Å². The Labute approximate surface area is 180 Å². The summed E-state index contributed by atoms with van der Waals surface area (Å²) in [5, 5.41) is 20.7. The van der Waals surface area contributed by atoms with Crippen molar-refractivity contribution in [1.29, 1.82) is 0 Å². The summed E-state index contributed by atoms with van der Waals surface area (Å²) in [7, 11) is 1.38. The highest BCUT2D eigenvalue weighted by molar-refractivity contribution is 5.90. The lowest BCUT2D eigenvalue weighted by Crippen LogP contribution is -2.37. The monoisotopic (exact) mass is 420 g/mol. The van der Waals surface area contributed by atoms with Crippen molar-refractivity contribution in [3.05, 3.63) is 96.1 Å². The molecular weight excluding hydrogens is 396 g/mol. The zero-order valence-electron chi connectivity index (χ0n) is 17.0. The fourth-order valence-corrected chi connectivity index (χ4v) is 3.70. The Balaban J connectivity index is 1.56. The van der Waals surface area contributed by atoms with Crippen LogP contribution in [0.4, 0.5) is 0 Å². The third-order valence-electron chi connectivity index (χ3n) is 5.38. The Hall–Kier alpha value is -3.03. The summed E-state index contributed by atoms with van der Waals surface area (Å²) in [6, 6.07) is 26.0. The van der Waals surface area contributed by atoms with E-state index in [-0.39, 0.29) is 0 Å². The Morgan fingerprint density at radius 1 is 0.839 bits per heavy atom. The average Bonchev–Trinajstić information content (AvgIpc) is 3.12. The Kier molecular flexibility index (Phi) is 6.44. The van der Waals surface area contributed by atoms with Gasteiger partial charge in [0.1, 0.15) is 18.3 Å². The molecule has 2 N–H and O–H groups in total. The van der Waals surface area contributed by atoms with E-state index in [0.717, 1.165) is 11.1 Å². The number of hydrogen-bond acceptors (Lipinski definition) is 6. The topological polar surface area (TPSA) is 85.2 Å². The van der Waals surface area contributed by atoms with Crippen LogP contribution in [-0.2, 0) is 14.2 Å².